The lowest BCUT2D eigenvalue weighted by atomic mass is 10.2. The lowest BCUT2D eigenvalue weighted by molar-refractivity contribution is 0.0690. The monoisotopic (exact) mass is 244 g/mol. The number of aromatic amines is 1. The molecule has 0 aliphatic heterocycles. The van der Waals surface area contributed by atoms with Gasteiger partial charge >= 0.3 is 5.97 Å². The number of carbonyl (C=O) groups is 1. The van der Waals surface area contributed by atoms with Gasteiger partial charge in [0.1, 0.15) is 17.0 Å². The van der Waals surface area contributed by atoms with Crippen LogP contribution in [0.15, 0.2) is 34.7 Å². The Morgan fingerprint density at radius 1 is 1.28 bits per heavy atom. The van der Waals surface area contributed by atoms with Crippen LogP contribution in [0.1, 0.15) is 10.5 Å². The van der Waals surface area contributed by atoms with Crippen molar-refractivity contribution >= 4 is 16.9 Å². The number of phenols is 1. The number of aromatic nitrogens is 2. The van der Waals surface area contributed by atoms with Crippen LogP contribution in [0.25, 0.3) is 22.4 Å². The summed E-state index contributed by atoms with van der Waals surface area (Å²) >= 11 is 0. The first-order valence-electron chi connectivity index (χ1n) is 5.15. The van der Waals surface area contributed by atoms with E-state index in [1.165, 1.54) is 12.1 Å². The van der Waals surface area contributed by atoms with E-state index in [2.05, 4.69) is 10.2 Å². The number of rotatable bonds is 2. The van der Waals surface area contributed by atoms with Gasteiger partial charge in [0.2, 0.25) is 0 Å². The van der Waals surface area contributed by atoms with Crippen LogP contribution in [-0.4, -0.2) is 26.4 Å². The first-order chi connectivity index (χ1) is 8.63. The fourth-order valence-corrected chi connectivity index (χ4v) is 1.72. The van der Waals surface area contributed by atoms with Crippen LogP contribution in [-0.2, 0) is 0 Å². The minimum absolute atomic E-state index is 0.0756. The van der Waals surface area contributed by atoms with Gasteiger partial charge < -0.3 is 14.6 Å². The predicted octanol–water partition coefficient (Wildman–Crippen LogP) is 2.23. The van der Waals surface area contributed by atoms with Crippen LogP contribution < -0.4 is 0 Å². The van der Waals surface area contributed by atoms with E-state index >= 15 is 0 Å². The highest BCUT2D eigenvalue weighted by molar-refractivity contribution is 5.88. The van der Waals surface area contributed by atoms with Crippen molar-refractivity contribution in [3.05, 3.63) is 36.0 Å². The first-order valence-corrected chi connectivity index (χ1v) is 5.15. The Labute approximate surface area is 100 Å². The molecule has 0 aliphatic rings. The van der Waals surface area contributed by atoms with Crippen LogP contribution in [0, 0.1) is 0 Å². The van der Waals surface area contributed by atoms with Crippen molar-refractivity contribution in [2.45, 2.75) is 0 Å². The molecule has 0 unspecified atom stereocenters. The van der Waals surface area contributed by atoms with Gasteiger partial charge in [0, 0.05) is 11.5 Å². The van der Waals surface area contributed by atoms with Gasteiger partial charge in [-0.3, -0.25) is 5.10 Å². The molecular formula is C12H8N2O4. The predicted molar refractivity (Wildman–Crippen MR) is 62.4 cm³/mol. The molecule has 90 valence electrons. The maximum atomic E-state index is 10.7. The summed E-state index contributed by atoms with van der Waals surface area (Å²) in [6.45, 7) is 0. The van der Waals surface area contributed by atoms with E-state index in [0.29, 0.717) is 17.0 Å². The molecule has 6 nitrogen and oxygen atoms in total. The average Bonchev–Trinajstić information content (AvgIpc) is 2.93. The summed E-state index contributed by atoms with van der Waals surface area (Å²) in [7, 11) is 0. The normalized spacial score (nSPS) is 10.9. The molecular weight excluding hydrogens is 236 g/mol. The van der Waals surface area contributed by atoms with E-state index < -0.39 is 5.97 Å². The number of carboxylic acid groups (broad SMARTS) is 1. The fourth-order valence-electron chi connectivity index (χ4n) is 1.72. The summed E-state index contributed by atoms with van der Waals surface area (Å²) in [5.74, 6) is -0.493. The Balaban J connectivity index is 2.10. The molecule has 0 amide bonds. The quantitative estimate of drug-likeness (QED) is 0.641. The standard InChI is InChI=1S/C12H8N2O4/c15-7-1-2-10-6(3-7)4-11(18-10)8-5-9(12(16)17)14-13-8/h1-5,15H,(H,13,14)(H,16,17). The van der Waals surface area contributed by atoms with Crippen molar-refractivity contribution < 1.29 is 19.4 Å². The molecule has 0 saturated heterocycles. The van der Waals surface area contributed by atoms with Gasteiger partial charge in [-0.05, 0) is 24.3 Å². The Kier molecular flexibility index (Phi) is 2.09. The van der Waals surface area contributed by atoms with Crippen LogP contribution in [0.2, 0.25) is 0 Å². The minimum atomic E-state index is -1.11. The zero-order chi connectivity index (χ0) is 12.7. The third-order valence-corrected chi connectivity index (χ3v) is 2.56. The summed E-state index contributed by atoms with van der Waals surface area (Å²) in [4.78, 5) is 10.7. The second kappa shape index (κ2) is 3.63. The molecule has 2 heterocycles. The SMILES string of the molecule is O=C(O)c1cc(-c2cc3cc(O)ccc3o2)[nH]n1. The van der Waals surface area contributed by atoms with Gasteiger partial charge in [0.25, 0.3) is 0 Å². The Hall–Kier alpha value is -2.76. The van der Waals surface area contributed by atoms with Gasteiger partial charge in [-0.1, -0.05) is 0 Å². The number of hydrogen-bond donors (Lipinski definition) is 3. The lowest BCUT2D eigenvalue weighted by Gasteiger charge is -1.89. The molecule has 3 aromatic rings. The van der Waals surface area contributed by atoms with E-state index in [4.69, 9.17) is 9.52 Å². The Morgan fingerprint density at radius 3 is 2.83 bits per heavy atom. The van der Waals surface area contributed by atoms with E-state index in [-0.39, 0.29) is 11.4 Å². The number of hydrogen-bond acceptors (Lipinski definition) is 4. The number of furan rings is 1. The Morgan fingerprint density at radius 2 is 2.11 bits per heavy atom. The third-order valence-electron chi connectivity index (χ3n) is 2.56. The number of H-pyrrole nitrogens is 1. The molecule has 0 atom stereocenters. The van der Waals surface area contributed by atoms with E-state index in [1.54, 1.807) is 18.2 Å². The summed E-state index contributed by atoms with van der Waals surface area (Å²) < 4.78 is 5.53. The molecule has 0 bridgehead atoms. The van der Waals surface area contributed by atoms with Crippen LogP contribution in [0.4, 0.5) is 0 Å². The van der Waals surface area contributed by atoms with Crippen molar-refractivity contribution in [1.29, 1.82) is 0 Å². The summed E-state index contributed by atoms with van der Waals surface area (Å²) in [5, 5.41) is 25.1. The summed E-state index contributed by atoms with van der Waals surface area (Å²) in [5.41, 5.74) is 1.01. The van der Waals surface area contributed by atoms with Crippen molar-refractivity contribution in [2.24, 2.45) is 0 Å². The lowest BCUT2D eigenvalue weighted by Crippen LogP contribution is -1.95. The topological polar surface area (TPSA) is 99.4 Å². The smallest absolute Gasteiger partial charge is 0.356 e. The summed E-state index contributed by atoms with van der Waals surface area (Å²) in [6.07, 6.45) is 0. The number of aromatic carboxylic acids is 1. The summed E-state index contributed by atoms with van der Waals surface area (Å²) in [6, 6.07) is 7.82. The number of aromatic hydroxyl groups is 1. The van der Waals surface area contributed by atoms with Crippen molar-refractivity contribution in [3.63, 3.8) is 0 Å². The van der Waals surface area contributed by atoms with Crippen molar-refractivity contribution in [1.82, 2.24) is 10.2 Å². The average molecular weight is 244 g/mol. The fraction of sp³-hybridized carbons (Fsp3) is 0. The molecule has 1 aromatic carbocycles. The molecule has 3 rings (SSSR count). The highest BCUT2D eigenvalue weighted by atomic mass is 16.4. The highest BCUT2D eigenvalue weighted by Crippen LogP contribution is 2.29. The number of nitrogens with one attached hydrogen (secondary N) is 1. The zero-order valence-electron chi connectivity index (χ0n) is 9.04. The highest BCUT2D eigenvalue weighted by Gasteiger charge is 2.13. The maximum absolute atomic E-state index is 10.7. The zero-order valence-corrected chi connectivity index (χ0v) is 9.04. The second-order valence-electron chi connectivity index (χ2n) is 3.80. The van der Waals surface area contributed by atoms with Gasteiger partial charge in [-0.25, -0.2) is 4.79 Å². The molecule has 18 heavy (non-hydrogen) atoms. The third kappa shape index (κ3) is 1.60. The van der Waals surface area contributed by atoms with Gasteiger partial charge in [0.05, 0.1) is 0 Å². The number of benzene rings is 1. The molecule has 2 aromatic heterocycles. The molecule has 0 radical (unpaired) electrons. The van der Waals surface area contributed by atoms with Gasteiger partial charge in [-0.2, -0.15) is 5.10 Å². The van der Waals surface area contributed by atoms with Crippen molar-refractivity contribution in [2.75, 3.05) is 0 Å². The molecule has 0 fully saturated rings. The maximum Gasteiger partial charge on any atom is 0.356 e. The van der Waals surface area contributed by atoms with Crippen molar-refractivity contribution in [3.8, 4) is 17.2 Å². The first kappa shape index (κ1) is 10.4. The number of fused-ring (bicyclic) bond motifs is 1. The van der Waals surface area contributed by atoms with E-state index in [9.17, 15) is 9.90 Å². The second-order valence-corrected chi connectivity index (χ2v) is 3.80. The number of phenolic OH excluding ortho intramolecular Hbond substituents is 1. The largest absolute Gasteiger partial charge is 0.508 e. The van der Waals surface area contributed by atoms with E-state index in [0.717, 1.165) is 5.39 Å². The molecule has 0 aliphatic carbocycles. The molecule has 0 saturated carbocycles. The molecule has 6 heteroatoms. The Bertz CT molecular complexity index is 741. The number of nitrogens with zero attached hydrogens (tertiary/aromatic N) is 1. The minimum Gasteiger partial charge on any atom is -0.508 e. The molecule has 0 spiro atoms. The van der Waals surface area contributed by atoms with Gasteiger partial charge in [-0.15, -0.1) is 0 Å². The van der Waals surface area contributed by atoms with Crippen LogP contribution >= 0.6 is 0 Å². The molecule has 3 N–H and O–H groups in total. The van der Waals surface area contributed by atoms with Crippen LogP contribution in [0.5, 0.6) is 5.75 Å². The van der Waals surface area contributed by atoms with Crippen LogP contribution in [0.3, 0.4) is 0 Å². The van der Waals surface area contributed by atoms with Gasteiger partial charge in [0.15, 0.2) is 11.5 Å². The van der Waals surface area contributed by atoms with E-state index in [1.807, 2.05) is 0 Å². The number of carboxylic acids is 1.